The molecule has 0 aromatic heterocycles. The fourth-order valence-electron chi connectivity index (χ4n) is 2.29. The summed E-state index contributed by atoms with van der Waals surface area (Å²) in [5.74, 6) is -3.62. The van der Waals surface area contributed by atoms with Crippen LogP contribution in [0.3, 0.4) is 0 Å². The van der Waals surface area contributed by atoms with E-state index in [-0.39, 0.29) is 24.0 Å². The van der Waals surface area contributed by atoms with E-state index in [1.807, 2.05) is 0 Å². The number of rotatable bonds is 5. The second-order valence-corrected chi connectivity index (χ2v) is 8.02. The van der Waals surface area contributed by atoms with Gasteiger partial charge in [-0.3, -0.25) is 19.3 Å². The van der Waals surface area contributed by atoms with Gasteiger partial charge in [-0.2, -0.15) is 0 Å². The molecule has 1 heterocycles. The number of nitrogens with two attached hydrogens (primary N) is 1. The van der Waals surface area contributed by atoms with Gasteiger partial charge in [0.05, 0.1) is 11.1 Å². The van der Waals surface area contributed by atoms with E-state index in [1.165, 1.54) is 0 Å². The summed E-state index contributed by atoms with van der Waals surface area (Å²) in [5.41, 5.74) is 5.13. The first-order chi connectivity index (χ1) is 11.1. The number of hydrogen-bond acceptors (Lipinski definition) is 4. The summed E-state index contributed by atoms with van der Waals surface area (Å²) in [5, 5.41) is 9.37. The van der Waals surface area contributed by atoms with Crippen LogP contribution < -0.4 is 5.73 Å². The number of carboxylic acids is 1. The molecule has 0 fully saturated rings. The molecule has 128 valence electrons. The zero-order chi connectivity index (χ0) is 18.3. The summed E-state index contributed by atoms with van der Waals surface area (Å²) in [6.07, 6.45) is -0.520. The molecule has 1 aromatic rings. The van der Waals surface area contributed by atoms with Crippen molar-refractivity contribution in [1.82, 2.24) is 4.90 Å². The zero-order valence-corrected chi connectivity index (χ0v) is 18.0. The van der Waals surface area contributed by atoms with Gasteiger partial charge in [0.25, 0.3) is 11.8 Å². The van der Waals surface area contributed by atoms with Crippen LogP contribution in [0.15, 0.2) is 17.9 Å². The number of carboxylic acid groups (broad SMARTS) is 1. The number of carbonyl (C=O) groups is 4. The molecule has 0 unspecified atom stereocenters. The quantitative estimate of drug-likeness (QED) is 0.310. The number of benzene rings is 1. The number of primary amides is 1. The van der Waals surface area contributed by atoms with Crippen molar-refractivity contribution in [2.24, 2.45) is 5.73 Å². The first-order valence-electron chi connectivity index (χ1n) is 6.34. The maximum Gasteiger partial charge on any atom is 0.326 e. The van der Waals surface area contributed by atoms with E-state index < -0.39 is 29.7 Å². The molecule has 1 aromatic carbocycles. The Bertz CT molecular complexity index is 748. The van der Waals surface area contributed by atoms with Gasteiger partial charge >= 0.3 is 5.97 Å². The zero-order valence-electron chi connectivity index (χ0n) is 11.6. The lowest BCUT2D eigenvalue weighted by Gasteiger charge is -2.22. The topological polar surface area (TPSA) is 118 Å². The third-order valence-corrected chi connectivity index (χ3v) is 8.16. The maximum atomic E-state index is 12.7. The van der Waals surface area contributed by atoms with Crippen molar-refractivity contribution in [3.63, 3.8) is 0 Å². The third kappa shape index (κ3) is 3.18. The highest BCUT2D eigenvalue weighted by atomic mass is 79.9. The molecule has 0 radical (unpaired) electrons. The van der Waals surface area contributed by atoms with E-state index in [4.69, 9.17) is 5.73 Å². The fourth-order valence-corrected chi connectivity index (χ4v) is 4.75. The smallest absolute Gasteiger partial charge is 0.326 e. The van der Waals surface area contributed by atoms with Crippen LogP contribution in [0.25, 0.3) is 0 Å². The molecule has 0 bridgehead atoms. The molecule has 0 aliphatic carbocycles. The summed E-state index contributed by atoms with van der Waals surface area (Å²) in [4.78, 5) is 48.4. The summed E-state index contributed by atoms with van der Waals surface area (Å²) in [7, 11) is 0. The molecule has 11 heteroatoms. The molecule has 3 N–H and O–H groups in total. The van der Waals surface area contributed by atoms with Crippen molar-refractivity contribution in [2.75, 3.05) is 0 Å². The lowest BCUT2D eigenvalue weighted by Crippen LogP contribution is -2.45. The van der Waals surface area contributed by atoms with Crippen LogP contribution in [0.4, 0.5) is 0 Å². The van der Waals surface area contributed by atoms with Gasteiger partial charge in [-0.25, -0.2) is 4.79 Å². The van der Waals surface area contributed by atoms with Gasteiger partial charge in [0, 0.05) is 24.3 Å². The largest absolute Gasteiger partial charge is 0.480 e. The van der Waals surface area contributed by atoms with E-state index in [9.17, 15) is 24.3 Å². The molecule has 1 atom stereocenters. The highest BCUT2D eigenvalue weighted by Crippen LogP contribution is 2.45. The van der Waals surface area contributed by atoms with Crippen molar-refractivity contribution in [1.29, 1.82) is 0 Å². The van der Waals surface area contributed by atoms with Crippen LogP contribution in [0.1, 0.15) is 33.6 Å². The Labute approximate surface area is 169 Å². The maximum absolute atomic E-state index is 12.7. The van der Waals surface area contributed by atoms with E-state index >= 15 is 0 Å². The number of hydrogen-bond donors (Lipinski definition) is 2. The first-order valence-corrected chi connectivity index (χ1v) is 9.51. The summed E-state index contributed by atoms with van der Waals surface area (Å²) in [6, 6.07) is -1.48. The minimum atomic E-state index is -1.48. The van der Waals surface area contributed by atoms with Gasteiger partial charge in [0.2, 0.25) is 5.91 Å². The van der Waals surface area contributed by atoms with E-state index in [1.54, 1.807) is 0 Å². The van der Waals surface area contributed by atoms with Crippen LogP contribution in [0, 0.1) is 0 Å². The van der Waals surface area contributed by atoms with E-state index in [0.717, 1.165) is 0 Å². The normalized spacial score (nSPS) is 14.8. The number of imide groups is 1. The highest BCUT2D eigenvalue weighted by Gasteiger charge is 2.46. The van der Waals surface area contributed by atoms with Gasteiger partial charge in [-0.15, -0.1) is 0 Å². The number of carbonyl (C=O) groups excluding carboxylic acids is 3. The molecule has 1 aliphatic heterocycles. The number of amides is 3. The SMILES string of the molecule is NC(=O)CC[C@H](C(=O)O)N1C(=O)c2c(Br)c(Br)c(Br)c(Br)c2C1=O. The van der Waals surface area contributed by atoms with Crippen molar-refractivity contribution >= 4 is 87.4 Å². The number of fused-ring (bicyclic) bond motifs is 1. The molecule has 3 amide bonds. The minimum Gasteiger partial charge on any atom is -0.480 e. The Kier molecular flexibility index (Phi) is 5.88. The molecule has 2 rings (SSSR count). The monoisotopic (exact) mass is 588 g/mol. The Morgan fingerprint density at radius 1 is 0.958 bits per heavy atom. The van der Waals surface area contributed by atoms with Gasteiger partial charge in [-0.1, -0.05) is 0 Å². The lowest BCUT2D eigenvalue weighted by molar-refractivity contribution is -0.141. The Morgan fingerprint density at radius 3 is 1.71 bits per heavy atom. The van der Waals surface area contributed by atoms with Crippen molar-refractivity contribution in [3.8, 4) is 0 Å². The van der Waals surface area contributed by atoms with E-state index in [2.05, 4.69) is 63.7 Å². The molecule has 0 saturated carbocycles. The third-order valence-electron chi connectivity index (χ3n) is 3.39. The van der Waals surface area contributed by atoms with Crippen LogP contribution in [-0.2, 0) is 9.59 Å². The predicted molar refractivity (Wildman–Crippen MR) is 97.6 cm³/mol. The second kappa shape index (κ2) is 7.22. The molecule has 24 heavy (non-hydrogen) atoms. The van der Waals surface area contributed by atoms with Crippen molar-refractivity contribution in [2.45, 2.75) is 18.9 Å². The summed E-state index contributed by atoms with van der Waals surface area (Å²) < 4.78 is 1.65. The Morgan fingerprint density at radius 2 is 1.38 bits per heavy atom. The molecule has 0 saturated heterocycles. The van der Waals surface area contributed by atoms with Crippen LogP contribution >= 0.6 is 63.7 Å². The Balaban J connectivity index is 2.57. The van der Waals surface area contributed by atoms with Crippen molar-refractivity contribution < 1.29 is 24.3 Å². The molecule has 1 aliphatic rings. The van der Waals surface area contributed by atoms with Crippen LogP contribution in [-0.4, -0.2) is 39.7 Å². The standard InChI is InChI=1S/C13H8Br4N2O5/c14-7-5-6(8(15)10(17)9(7)16)12(22)19(11(5)21)3(13(23)24)1-2-4(18)20/h3H,1-2H2,(H2,18,20)(H,23,24)/t3-/m1/s1. The van der Waals surface area contributed by atoms with Crippen molar-refractivity contribution in [3.05, 3.63) is 29.0 Å². The van der Waals surface area contributed by atoms with E-state index in [0.29, 0.717) is 22.8 Å². The minimum absolute atomic E-state index is 0.0484. The van der Waals surface area contributed by atoms with Gasteiger partial charge < -0.3 is 10.8 Å². The average molecular weight is 592 g/mol. The number of nitrogens with zero attached hydrogens (tertiary/aromatic N) is 1. The second-order valence-electron chi connectivity index (χ2n) is 4.85. The first kappa shape index (κ1) is 19.5. The molecule has 0 spiro atoms. The average Bonchev–Trinajstić information content (AvgIpc) is 2.75. The summed E-state index contributed by atoms with van der Waals surface area (Å²) in [6.45, 7) is 0. The lowest BCUT2D eigenvalue weighted by atomic mass is 10.1. The predicted octanol–water partition coefficient (Wildman–Crippen LogP) is 3.05. The Hall–Kier alpha value is -0.780. The summed E-state index contributed by atoms with van der Waals surface area (Å²) >= 11 is 13.0. The van der Waals surface area contributed by atoms with Crippen LogP contribution in [0.2, 0.25) is 0 Å². The molecular weight excluding hydrogens is 584 g/mol. The molecule has 7 nitrogen and oxygen atoms in total. The van der Waals surface area contributed by atoms with Gasteiger partial charge in [-0.05, 0) is 70.1 Å². The number of halogens is 4. The van der Waals surface area contributed by atoms with Gasteiger partial charge in [0.15, 0.2) is 0 Å². The number of aliphatic carboxylic acids is 1. The highest BCUT2D eigenvalue weighted by molar-refractivity contribution is 9.15. The van der Waals surface area contributed by atoms with Crippen LogP contribution in [0.5, 0.6) is 0 Å². The molecular formula is C13H8Br4N2O5. The van der Waals surface area contributed by atoms with Gasteiger partial charge in [0.1, 0.15) is 6.04 Å². The fraction of sp³-hybridized carbons (Fsp3) is 0.231.